The van der Waals surface area contributed by atoms with Crippen LogP contribution < -0.4 is 0 Å². The highest BCUT2D eigenvalue weighted by atomic mass is 32.1. The van der Waals surface area contributed by atoms with E-state index in [-0.39, 0.29) is 5.91 Å². The van der Waals surface area contributed by atoms with E-state index in [4.69, 9.17) is 4.74 Å². The predicted molar refractivity (Wildman–Crippen MR) is 83.4 cm³/mol. The Labute approximate surface area is 128 Å². The van der Waals surface area contributed by atoms with E-state index in [9.17, 15) is 4.79 Å². The summed E-state index contributed by atoms with van der Waals surface area (Å²) in [4.78, 5) is 19.9. The summed E-state index contributed by atoms with van der Waals surface area (Å²) >= 11 is 1.62. The first-order valence-electron chi connectivity index (χ1n) is 7.11. The van der Waals surface area contributed by atoms with E-state index in [0.29, 0.717) is 32.7 Å². The van der Waals surface area contributed by atoms with Gasteiger partial charge in [-0.05, 0) is 6.92 Å². The molecular formula is C16H18N2O2S. The molecule has 2 aromatic rings. The van der Waals surface area contributed by atoms with Crippen molar-refractivity contribution in [2.45, 2.75) is 13.3 Å². The lowest BCUT2D eigenvalue weighted by atomic mass is 10.2. The zero-order chi connectivity index (χ0) is 14.7. The number of rotatable bonds is 3. The first kappa shape index (κ1) is 14.2. The molecule has 0 unspecified atom stereocenters. The fourth-order valence-electron chi connectivity index (χ4n) is 2.36. The van der Waals surface area contributed by atoms with Gasteiger partial charge < -0.3 is 9.64 Å². The Bertz CT molecular complexity index is 618. The molecule has 1 amide bonds. The summed E-state index contributed by atoms with van der Waals surface area (Å²) in [6.45, 7) is 4.65. The predicted octanol–water partition coefficient (Wildman–Crippen LogP) is 2.52. The largest absolute Gasteiger partial charge is 0.378 e. The molecule has 0 atom stereocenters. The maximum Gasteiger partial charge on any atom is 0.228 e. The van der Waals surface area contributed by atoms with Crippen LogP contribution in [0, 0.1) is 6.92 Å². The minimum Gasteiger partial charge on any atom is -0.378 e. The van der Waals surface area contributed by atoms with Crippen LogP contribution in [0.2, 0.25) is 0 Å². The molecule has 1 aromatic carbocycles. The average Bonchev–Trinajstić information content (AvgIpc) is 2.90. The van der Waals surface area contributed by atoms with Gasteiger partial charge in [-0.15, -0.1) is 11.3 Å². The molecule has 5 heteroatoms. The molecule has 0 aliphatic carbocycles. The minimum absolute atomic E-state index is 0.171. The molecule has 3 rings (SSSR count). The maximum atomic E-state index is 12.3. The average molecular weight is 302 g/mol. The lowest BCUT2D eigenvalue weighted by molar-refractivity contribution is -0.134. The van der Waals surface area contributed by atoms with Crippen molar-refractivity contribution in [2.24, 2.45) is 0 Å². The summed E-state index contributed by atoms with van der Waals surface area (Å²) in [5, 5.41) is 0.984. The number of benzene rings is 1. The molecule has 1 aromatic heterocycles. The summed E-state index contributed by atoms with van der Waals surface area (Å²) in [7, 11) is 0. The molecule has 110 valence electrons. The van der Waals surface area contributed by atoms with Crippen LogP contribution in [0.3, 0.4) is 0 Å². The van der Waals surface area contributed by atoms with Gasteiger partial charge in [-0.3, -0.25) is 4.79 Å². The van der Waals surface area contributed by atoms with E-state index in [2.05, 4.69) is 4.98 Å². The smallest absolute Gasteiger partial charge is 0.228 e. The van der Waals surface area contributed by atoms with Crippen LogP contribution in [-0.2, 0) is 16.0 Å². The van der Waals surface area contributed by atoms with E-state index >= 15 is 0 Å². The van der Waals surface area contributed by atoms with Crippen molar-refractivity contribution in [2.75, 3.05) is 26.3 Å². The van der Waals surface area contributed by atoms with Crippen molar-refractivity contribution in [3.63, 3.8) is 0 Å². The lowest BCUT2D eigenvalue weighted by Crippen LogP contribution is -2.41. The second-order valence-electron chi connectivity index (χ2n) is 5.06. The molecule has 0 saturated carbocycles. The standard InChI is InChI=1S/C16H18N2O2S/c1-12-14(11-15(19)18-7-9-20-10-8-18)21-16(17-12)13-5-3-2-4-6-13/h2-6H,7-11H2,1H3. The SMILES string of the molecule is Cc1nc(-c2ccccc2)sc1CC(=O)N1CCOCC1. The minimum atomic E-state index is 0.171. The molecule has 0 spiro atoms. The molecule has 0 N–H and O–H groups in total. The highest BCUT2D eigenvalue weighted by Crippen LogP contribution is 2.28. The highest BCUT2D eigenvalue weighted by Gasteiger charge is 2.19. The molecule has 4 nitrogen and oxygen atoms in total. The lowest BCUT2D eigenvalue weighted by Gasteiger charge is -2.26. The van der Waals surface area contributed by atoms with Gasteiger partial charge in [0, 0.05) is 23.5 Å². The third-order valence-corrected chi connectivity index (χ3v) is 4.80. The van der Waals surface area contributed by atoms with Gasteiger partial charge in [-0.2, -0.15) is 0 Å². The number of morpholine rings is 1. The molecule has 0 bridgehead atoms. The molecule has 21 heavy (non-hydrogen) atoms. The van der Waals surface area contributed by atoms with Crippen molar-refractivity contribution in [3.05, 3.63) is 40.9 Å². The zero-order valence-electron chi connectivity index (χ0n) is 12.0. The highest BCUT2D eigenvalue weighted by molar-refractivity contribution is 7.15. The second kappa shape index (κ2) is 6.37. The van der Waals surface area contributed by atoms with Crippen LogP contribution in [0.25, 0.3) is 10.6 Å². The maximum absolute atomic E-state index is 12.3. The number of hydrogen-bond donors (Lipinski definition) is 0. The van der Waals surface area contributed by atoms with Crippen molar-refractivity contribution < 1.29 is 9.53 Å². The monoisotopic (exact) mass is 302 g/mol. The first-order chi connectivity index (χ1) is 10.2. The van der Waals surface area contributed by atoms with Gasteiger partial charge in [0.1, 0.15) is 5.01 Å². The quantitative estimate of drug-likeness (QED) is 0.875. The molecule has 0 radical (unpaired) electrons. The van der Waals surface area contributed by atoms with E-state index < -0.39 is 0 Å². The van der Waals surface area contributed by atoms with Gasteiger partial charge in [0.25, 0.3) is 0 Å². The first-order valence-corrected chi connectivity index (χ1v) is 7.93. The van der Waals surface area contributed by atoms with Crippen LogP contribution in [0.15, 0.2) is 30.3 Å². The van der Waals surface area contributed by atoms with E-state index in [1.54, 1.807) is 11.3 Å². The number of hydrogen-bond acceptors (Lipinski definition) is 4. The van der Waals surface area contributed by atoms with Gasteiger partial charge in [-0.25, -0.2) is 4.98 Å². The number of nitrogens with zero attached hydrogens (tertiary/aromatic N) is 2. The van der Waals surface area contributed by atoms with Crippen LogP contribution in [0.4, 0.5) is 0 Å². The van der Waals surface area contributed by atoms with E-state index in [1.165, 1.54) is 0 Å². The number of thiazole rings is 1. The Morgan fingerprint density at radius 1 is 1.29 bits per heavy atom. The normalized spacial score (nSPS) is 15.2. The molecule has 2 heterocycles. The number of ether oxygens (including phenoxy) is 1. The van der Waals surface area contributed by atoms with Gasteiger partial charge in [0.05, 0.1) is 25.3 Å². The Morgan fingerprint density at radius 2 is 2.00 bits per heavy atom. The third kappa shape index (κ3) is 3.31. The fraction of sp³-hybridized carbons (Fsp3) is 0.375. The van der Waals surface area contributed by atoms with Gasteiger partial charge in [0.15, 0.2) is 0 Å². The van der Waals surface area contributed by atoms with Crippen LogP contribution in [0.5, 0.6) is 0 Å². The molecule has 1 saturated heterocycles. The number of carbonyl (C=O) groups is 1. The van der Waals surface area contributed by atoms with Crippen LogP contribution in [-0.4, -0.2) is 42.1 Å². The van der Waals surface area contributed by atoms with Crippen molar-refractivity contribution in [3.8, 4) is 10.6 Å². The second-order valence-corrected chi connectivity index (χ2v) is 6.15. The fourth-order valence-corrected chi connectivity index (χ4v) is 3.42. The van der Waals surface area contributed by atoms with Crippen LogP contribution in [0.1, 0.15) is 10.6 Å². The summed E-state index contributed by atoms with van der Waals surface area (Å²) in [6, 6.07) is 10.1. The van der Waals surface area contributed by atoms with Gasteiger partial charge in [0.2, 0.25) is 5.91 Å². The number of amides is 1. The molecular weight excluding hydrogens is 284 g/mol. The molecule has 1 aliphatic rings. The number of aromatic nitrogens is 1. The Kier molecular flexibility index (Phi) is 4.31. The Morgan fingerprint density at radius 3 is 2.71 bits per heavy atom. The molecule has 1 fully saturated rings. The number of carbonyl (C=O) groups excluding carboxylic acids is 1. The van der Waals surface area contributed by atoms with Crippen LogP contribution >= 0.6 is 11.3 Å². The molecule has 1 aliphatic heterocycles. The summed E-state index contributed by atoms with van der Waals surface area (Å²) in [5.74, 6) is 0.171. The van der Waals surface area contributed by atoms with Crippen molar-refractivity contribution in [1.82, 2.24) is 9.88 Å². The third-order valence-electron chi connectivity index (χ3n) is 3.59. The summed E-state index contributed by atoms with van der Waals surface area (Å²) in [6.07, 6.45) is 0.441. The number of aryl methyl sites for hydroxylation is 1. The van der Waals surface area contributed by atoms with Gasteiger partial charge >= 0.3 is 0 Å². The van der Waals surface area contributed by atoms with Crippen molar-refractivity contribution >= 4 is 17.2 Å². The zero-order valence-corrected chi connectivity index (χ0v) is 12.9. The van der Waals surface area contributed by atoms with E-state index in [0.717, 1.165) is 21.1 Å². The summed E-state index contributed by atoms with van der Waals surface area (Å²) < 4.78 is 5.28. The van der Waals surface area contributed by atoms with Crippen molar-refractivity contribution in [1.29, 1.82) is 0 Å². The Balaban J connectivity index is 1.74. The van der Waals surface area contributed by atoms with Gasteiger partial charge in [-0.1, -0.05) is 30.3 Å². The van der Waals surface area contributed by atoms with E-state index in [1.807, 2.05) is 42.2 Å². The topological polar surface area (TPSA) is 42.4 Å². The Hall–Kier alpha value is -1.72. The summed E-state index contributed by atoms with van der Waals surface area (Å²) in [5.41, 5.74) is 2.07.